The highest BCUT2D eigenvalue weighted by Gasteiger charge is 2.30. The standard InChI is InChI=1S/C12H20N4O/c1-4-9-14-10(13)8(2)11(15-9)16-12(3)5-6-17-7-12/h4-7H2,1-3H3,(H3,13,14,15,16). The van der Waals surface area contributed by atoms with Crippen molar-refractivity contribution in [3.63, 3.8) is 0 Å². The van der Waals surface area contributed by atoms with Crippen LogP contribution in [-0.2, 0) is 11.2 Å². The Kier molecular flexibility index (Phi) is 3.19. The van der Waals surface area contributed by atoms with Gasteiger partial charge in [-0.2, -0.15) is 0 Å². The SMILES string of the molecule is CCc1nc(N)c(C)c(NC2(C)CCOC2)n1. The number of anilines is 2. The second kappa shape index (κ2) is 4.49. The van der Waals surface area contributed by atoms with Gasteiger partial charge in [-0.1, -0.05) is 6.92 Å². The summed E-state index contributed by atoms with van der Waals surface area (Å²) in [5, 5.41) is 3.44. The Morgan fingerprint density at radius 1 is 1.47 bits per heavy atom. The smallest absolute Gasteiger partial charge is 0.135 e. The zero-order valence-corrected chi connectivity index (χ0v) is 10.7. The number of nitrogens with one attached hydrogen (secondary N) is 1. The minimum atomic E-state index is -0.0451. The third kappa shape index (κ3) is 2.49. The molecule has 3 N–H and O–H groups in total. The van der Waals surface area contributed by atoms with Gasteiger partial charge in [0.25, 0.3) is 0 Å². The Bertz CT molecular complexity index is 413. The molecule has 1 fully saturated rings. The van der Waals surface area contributed by atoms with E-state index in [1.165, 1.54) is 0 Å². The third-order valence-electron chi connectivity index (χ3n) is 3.18. The van der Waals surface area contributed by atoms with Crippen molar-refractivity contribution in [2.45, 2.75) is 39.2 Å². The monoisotopic (exact) mass is 236 g/mol. The first-order valence-electron chi connectivity index (χ1n) is 6.03. The summed E-state index contributed by atoms with van der Waals surface area (Å²) in [7, 11) is 0. The Morgan fingerprint density at radius 2 is 2.24 bits per heavy atom. The van der Waals surface area contributed by atoms with Crippen molar-refractivity contribution in [2.24, 2.45) is 0 Å². The van der Waals surface area contributed by atoms with Gasteiger partial charge in [0, 0.05) is 18.6 Å². The summed E-state index contributed by atoms with van der Waals surface area (Å²) in [5.74, 6) is 2.17. The molecule has 2 rings (SSSR count). The predicted molar refractivity (Wildman–Crippen MR) is 68.0 cm³/mol. The average Bonchev–Trinajstić information content (AvgIpc) is 2.71. The highest BCUT2D eigenvalue weighted by molar-refractivity contribution is 5.56. The number of ether oxygens (including phenoxy) is 1. The number of hydrogen-bond donors (Lipinski definition) is 2. The van der Waals surface area contributed by atoms with E-state index < -0.39 is 0 Å². The van der Waals surface area contributed by atoms with Crippen LogP contribution in [0.5, 0.6) is 0 Å². The van der Waals surface area contributed by atoms with Gasteiger partial charge in [0.1, 0.15) is 17.5 Å². The van der Waals surface area contributed by atoms with Crippen molar-refractivity contribution in [2.75, 3.05) is 24.3 Å². The van der Waals surface area contributed by atoms with Crippen LogP contribution in [0, 0.1) is 6.92 Å². The van der Waals surface area contributed by atoms with Crippen molar-refractivity contribution < 1.29 is 4.74 Å². The number of nitrogens with two attached hydrogens (primary N) is 1. The summed E-state index contributed by atoms with van der Waals surface area (Å²) in [4.78, 5) is 8.75. The molecular formula is C12H20N4O. The van der Waals surface area contributed by atoms with Crippen LogP contribution in [0.3, 0.4) is 0 Å². The molecule has 5 nitrogen and oxygen atoms in total. The van der Waals surface area contributed by atoms with Gasteiger partial charge in [0.2, 0.25) is 0 Å². The summed E-state index contributed by atoms with van der Waals surface area (Å²) in [6, 6.07) is 0. The average molecular weight is 236 g/mol. The van der Waals surface area contributed by atoms with Crippen LogP contribution in [0.1, 0.15) is 31.7 Å². The highest BCUT2D eigenvalue weighted by Crippen LogP contribution is 2.26. The molecule has 94 valence electrons. The summed E-state index contributed by atoms with van der Waals surface area (Å²) in [6.45, 7) is 7.61. The van der Waals surface area contributed by atoms with E-state index in [1.54, 1.807) is 0 Å². The number of nitrogens with zero attached hydrogens (tertiary/aromatic N) is 2. The number of rotatable bonds is 3. The van der Waals surface area contributed by atoms with Gasteiger partial charge in [-0.25, -0.2) is 9.97 Å². The minimum absolute atomic E-state index is 0.0451. The minimum Gasteiger partial charge on any atom is -0.383 e. The van der Waals surface area contributed by atoms with Crippen molar-refractivity contribution in [1.29, 1.82) is 0 Å². The predicted octanol–water partition coefficient (Wildman–Crippen LogP) is 1.52. The lowest BCUT2D eigenvalue weighted by Gasteiger charge is -2.25. The first kappa shape index (κ1) is 12.1. The Hall–Kier alpha value is -1.36. The zero-order valence-electron chi connectivity index (χ0n) is 10.7. The summed E-state index contributed by atoms with van der Waals surface area (Å²) in [6.07, 6.45) is 1.77. The zero-order chi connectivity index (χ0) is 12.5. The molecule has 0 aromatic carbocycles. The Morgan fingerprint density at radius 3 is 2.82 bits per heavy atom. The maximum atomic E-state index is 5.89. The van der Waals surface area contributed by atoms with Crippen LogP contribution in [0.4, 0.5) is 11.6 Å². The molecule has 0 saturated carbocycles. The third-order valence-corrected chi connectivity index (χ3v) is 3.18. The molecule has 1 aromatic heterocycles. The van der Waals surface area contributed by atoms with Crippen molar-refractivity contribution >= 4 is 11.6 Å². The van der Waals surface area contributed by atoms with Crippen molar-refractivity contribution in [3.05, 3.63) is 11.4 Å². The van der Waals surface area contributed by atoms with E-state index in [1.807, 2.05) is 13.8 Å². The van der Waals surface area contributed by atoms with E-state index in [2.05, 4.69) is 22.2 Å². The first-order chi connectivity index (χ1) is 8.04. The highest BCUT2D eigenvalue weighted by atomic mass is 16.5. The molecule has 17 heavy (non-hydrogen) atoms. The van der Waals surface area contributed by atoms with E-state index >= 15 is 0 Å². The van der Waals surface area contributed by atoms with Gasteiger partial charge in [-0.05, 0) is 20.3 Å². The molecule has 1 unspecified atom stereocenters. The number of aromatic nitrogens is 2. The molecule has 0 radical (unpaired) electrons. The van der Waals surface area contributed by atoms with Crippen LogP contribution in [0.2, 0.25) is 0 Å². The summed E-state index contributed by atoms with van der Waals surface area (Å²) < 4.78 is 5.42. The van der Waals surface area contributed by atoms with E-state index in [9.17, 15) is 0 Å². The van der Waals surface area contributed by atoms with Crippen LogP contribution >= 0.6 is 0 Å². The Labute approximate surface area is 102 Å². The largest absolute Gasteiger partial charge is 0.383 e. The lowest BCUT2D eigenvalue weighted by molar-refractivity contribution is 0.185. The van der Waals surface area contributed by atoms with Gasteiger partial charge >= 0.3 is 0 Å². The van der Waals surface area contributed by atoms with Gasteiger partial charge in [-0.15, -0.1) is 0 Å². The molecule has 0 bridgehead atoms. The van der Waals surface area contributed by atoms with Crippen LogP contribution in [-0.4, -0.2) is 28.7 Å². The molecule has 1 aliphatic heterocycles. The van der Waals surface area contributed by atoms with Gasteiger partial charge in [-0.3, -0.25) is 0 Å². The van der Waals surface area contributed by atoms with Crippen LogP contribution in [0.15, 0.2) is 0 Å². The van der Waals surface area contributed by atoms with Crippen molar-refractivity contribution in [3.8, 4) is 0 Å². The van der Waals surface area contributed by atoms with Crippen molar-refractivity contribution in [1.82, 2.24) is 9.97 Å². The van der Waals surface area contributed by atoms with E-state index in [4.69, 9.17) is 10.5 Å². The molecule has 0 amide bonds. The summed E-state index contributed by atoms with van der Waals surface area (Å²) in [5.41, 5.74) is 6.76. The molecule has 2 heterocycles. The molecule has 0 aliphatic carbocycles. The molecule has 1 aliphatic rings. The fourth-order valence-corrected chi connectivity index (χ4v) is 1.91. The second-order valence-electron chi connectivity index (χ2n) is 4.84. The fourth-order valence-electron chi connectivity index (χ4n) is 1.91. The van der Waals surface area contributed by atoms with E-state index in [0.717, 1.165) is 36.7 Å². The Balaban J connectivity index is 2.28. The molecule has 0 spiro atoms. The number of nitrogen functional groups attached to an aromatic ring is 1. The fraction of sp³-hybridized carbons (Fsp3) is 0.667. The summed E-state index contributed by atoms with van der Waals surface area (Å²) >= 11 is 0. The first-order valence-corrected chi connectivity index (χ1v) is 6.03. The lowest BCUT2D eigenvalue weighted by atomic mass is 10.0. The van der Waals surface area contributed by atoms with Gasteiger partial charge in [0.15, 0.2) is 0 Å². The normalized spacial score (nSPS) is 23.9. The molecular weight excluding hydrogens is 216 g/mol. The maximum Gasteiger partial charge on any atom is 0.135 e. The topological polar surface area (TPSA) is 73.1 Å². The number of hydrogen-bond acceptors (Lipinski definition) is 5. The molecule has 1 saturated heterocycles. The maximum absolute atomic E-state index is 5.89. The lowest BCUT2D eigenvalue weighted by Crippen LogP contribution is -2.36. The molecule has 1 atom stereocenters. The molecule has 5 heteroatoms. The van der Waals surface area contributed by atoms with E-state index in [0.29, 0.717) is 12.4 Å². The van der Waals surface area contributed by atoms with Gasteiger partial charge < -0.3 is 15.8 Å². The second-order valence-corrected chi connectivity index (χ2v) is 4.84. The van der Waals surface area contributed by atoms with E-state index in [-0.39, 0.29) is 5.54 Å². The molecule has 1 aromatic rings. The quantitative estimate of drug-likeness (QED) is 0.832. The number of aryl methyl sites for hydroxylation is 1. The van der Waals surface area contributed by atoms with Crippen LogP contribution < -0.4 is 11.1 Å². The van der Waals surface area contributed by atoms with Gasteiger partial charge in [0.05, 0.1) is 12.1 Å². The van der Waals surface area contributed by atoms with Crippen LogP contribution in [0.25, 0.3) is 0 Å².